The minimum absolute atomic E-state index is 0.0117. The first kappa shape index (κ1) is 15.9. The Morgan fingerprint density at radius 2 is 2.05 bits per heavy atom. The maximum absolute atomic E-state index is 13.4. The Labute approximate surface area is 124 Å². The molecule has 6 heteroatoms. The van der Waals surface area contributed by atoms with E-state index in [0.29, 0.717) is 18.2 Å². The van der Waals surface area contributed by atoms with Gasteiger partial charge in [-0.2, -0.15) is 0 Å². The second-order valence-corrected chi connectivity index (χ2v) is 5.66. The summed E-state index contributed by atoms with van der Waals surface area (Å²) in [6.45, 7) is 3.22. The largest absolute Gasteiger partial charge is 0.328 e. The molecule has 0 amide bonds. The molecule has 1 aromatic carbocycles. The van der Waals surface area contributed by atoms with Crippen LogP contribution in [-0.2, 0) is 6.54 Å². The van der Waals surface area contributed by atoms with E-state index in [1.807, 2.05) is 6.92 Å². The summed E-state index contributed by atoms with van der Waals surface area (Å²) < 4.78 is 13.4. The molecule has 0 spiro atoms. The van der Waals surface area contributed by atoms with E-state index in [9.17, 15) is 14.5 Å². The van der Waals surface area contributed by atoms with E-state index in [1.165, 1.54) is 12.1 Å². The molecule has 5 nitrogen and oxygen atoms in total. The van der Waals surface area contributed by atoms with Gasteiger partial charge in [0.25, 0.3) is 5.69 Å². The third-order valence-corrected chi connectivity index (χ3v) is 4.28. The molecular weight excluding hydrogens is 273 g/mol. The number of nitrogens with two attached hydrogens (primary N) is 1. The molecule has 0 saturated heterocycles. The summed E-state index contributed by atoms with van der Waals surface area (Å²) in [7, 11) is 0. The lowest BCUT2D eigenvalue weighted by molar-refractivity contribution is -0.385. The van der Waals surface area contributed by atoms with Gasteiger partial charge in [0.15, 0.2) is 0 Å². The summed E-state index contributed by atoms with van der Waals surface area (Å²) in [4.78, 5) is 12.8. The molecule has 0 atom stereocenters. The van der Waals surface area contributed by atoms with Crippen molar-refractivity contribution in [3.63, 3.8) is 0 Å². The van der Waals surface area contributed by atoms with Gasteiger partial charge < -0.3 is 5.73 Å². The molecule has 0 aromatic heterocycles. The van der Waals surface area contributed by atoms with E-state index in [-0.39, 0.29) is 11.7 Å². The van der Waals surface area contributed by atoms with Gasteiger partial charge in [-0.3, -0.25) is 15.0 Å². The van der Waals surface area contributed by atoms with Crippen LogP contribution in [-0.4, -0.2) is 28.5 Å². The van der Waals surface area contributed by atoms with Crippen LogP contribution in [0.3, 0.4) is 0 Å². The molecule has 0 heterocycles. The maximum Gasteiger partial charge on any atom is 0.274 e. The van der Waals surface area contributed by atoms with Crippen molar-refractivity contribution < 1.29 is 9.31 Å². The Kier molecular flexibility index (Phi) is 5.25. The second kappa shape index (κ2) is 6.95. The highest BCUT2D eigenvalue weighted by atomic mass is 19.1. The summed E-state index contributed by atoms with van der Waals surface area (Å²) in [6.07, 6.45) is 3.95. The van der Waals surface area contributed by atoms with Crippen LogP contribution in [0.25, 0.3) is 0 Å². The maximum atomic E-state index is 13.4. The quantitative estimate of drug-likeness (QED) is 0.669. The predicted octanol–water partition coefficient (Wildman–Crippen LogP) is 2.83. The van der Waals surface area contributed by atoms with Crippen molar-refractivity contribution in [3.05, 3.63) is 39.7 Å². The summed E-state index contributed by atoms with van der Waals surface area (Å²) in [5.41, 5.74) is 6.35. The van der Waals surface area contributed by atoms with Gasteiger partial charge in [-0.25, -0.2) is 4.39 Å². The molecule has 21 heavy (non-hydrogen) atoms. The van der Waals surface area contributed by atoms with Gasteiger partial charge in [-0.15, -0.1) is 0 Å². The fraction of sp³-hybridized carbons (Fsp3) is 0.600. The van der Waals surface area contributed by atoms with Gasteiger partial charge in [0, 0.05) is 30.3 Å². The van der Waals surface area contributed by atoms with Crippen LogP contribution in [0.5, 0.6) is 0 Å². The summed E-state index contributed by atoms with van der Waals surface area (Å²) in [5, 5.41) is 11.1. The van der Waals surface area contributed by atoms with E-state index in [0.717, 1.165) is 38.3 Å². The lowest BCUT2D eigenvalue weighted by Crippen LogP contribution is -2.40. The van der Waals surface area contributed by atoms with Crippen molar-refractivity contribution in [2.24, 2.45) is 5.73 Å². The van der Waals surface area contributed by atoms with Crippen LogP contribution < -0.4 is 5.73 Å². The van der Waals surface area contributed by atoms with Crippen molar-refractivity contribution in [2.75, 3.05) is 6.54 Å². The predicted molar refractivity (Wildman–Crippen MR) is 79.4 cm³/mol. The fourth-order valence-electron chi connectivity index (χ4n) is 3.04. The molecule has 1 saturated carbocycles. The van der Waals surface area contributed by atoms with Crippen molar-refractivity contribution in [2.45, 2.75) is 51.2 Å². The molecule has 0 aliphatic heterocycles. The van der Waals surface area contributed by atoms with Gasteiger partial charge in [-0.05, 0) is 44.4 Å². The fourth-order valence-corrected chi connectivity index (χ4v) is 3.04. The van der Waals surface area contributed by atoms with Crippen LogP contribution in [0.15, 0.2) is 18.2 Å². The normalized spacial score (nSPS) is 22.5. The highest BCUT2D eigenvalue weighted by molar-refractivity contribution is 5.40. The highest BCUT2D eigenvalue weighted by Crippen LogP contribution is 2.26. The lowest BCUT2D eigenvalue weighted by Gasteiger charge is -2.35. The number of hydrogen-bond donors (Lipinski definition) is 1. The van der Waals surface area contributed by atoms with E-state index >= 15 is 0 Å². The van der Waals surface area contributed by atoms with Crippen LogP contribution in [0, 0.1) is 15.9 Å². The van der Waals surface area contributed by atoms with E-state index < -0.39 is 10.7 Å². The number of rotatable bonds is 5. The third kappa shape index (κ3) is 3.98. The molecule has 1 aliphatic rings. The molecular formula is C15H22FN3O2. The van der Waals surface area contributed by atoms with Gasteiger partial charge in [-0.1, -0.05) is 6.92 Å². The molecule has 2 N–H and O–H groups in total. The van der Waals surface area contributed by atoms with Crippen molar-refractivity contribution in [3.8, 4) is 0 Å². The van der Waals surface area contributed by atoms with Crippen molar-refractivity contribution in [1.82, 2.24) is 4.90 Å². The first-order valence-electron chi connectivity index (χ1n) is 7.43. The van der Waals surface area contributed by atoms with E-state index in [2.05, 4.69) is 4.90 Å². The summed E-state index contributed by atoms with van der Waals surface area (Å²) in [6, 6.07) is 4.29. The number of nitro benzene ring substituents is 1. The first-order valence-corrected chi connectivity index (χ1v) is 7.43. The molecule has 1 fully saturated rings. The van der Waals surface area contributed by atoms with Gasteiger partial charge in [0.2, 0.25) is 0 Å². The number of nitrogens with zero attached hydrogens (tertiary/aromatic N) is 2. The van der Waals surface area contributed by atoms with E-state index in [1.54, 1.807) is 0 Å². The second-order valence-electron chi connectivity index (χ2n) is 5.66. The SMILES string of the molecule is CCN(Cc1cc(F)ccc1[N+](=O)[O-])C1CCC(N)CC1. The Morgan fingerprint density at radius 3 is 2.62 bits per heavy atom. The van der Waals surface area contributed by atoms with Crippen molar-refractivity contribution >= 4 is 5.69 Å². The number of halogens is 1. The lowest BCUT2D eigenvalue weighted by atomic mass is 9.90. The topological polar surface area (TPSA) is 72.4 Å². The average Bonchev–Trinajstić information content (AvgIpc) is 2.45. The highest BCUT2D eigenvalue weighted by Gasteiger charge is 2.25. The molecule has 0 unspecified atom stereocenters. The van der Waals surface area contributed by atoms with Gasteiger partial charge in [0.1, 0.15) is 5.82 Å². The number of nitro groups is 1. The van der Waals surface area contributed by atoms with Crippen LogP contribution in [0.4, 0.5) is 10.1 Å². The minimum atomic E-state index is -0.445. The number of hydrogen-bond acceptors (Lipinski definition) is 4. The van der Waals surface area contributed by atoms with Crippen LogP contribution in [0.2, 0.25) is 0 Å². The number of benzene rings is 1. The standard InChI is InChI=1S/C15H22FN3O2/c1-2-18(14-6-4-13(17)5-7-14)10-11-9-12(16)3-8-15(11)19(20)21/h3,8-9,13-14H,2,4-7,10,17H2,1H3. The van der Waals surface area contributed by atoms with Gasteiger partial charge in [0.05, 0.1) is 4.92 Å². The first-order chi connectivity index (χ1) is 10.0. The molecule has 0 bridgehead atoms. The molecule has 1 aromatic rings. The van der Waals surface area contributed by atoms with E-state index in [4.69, 9.17) is 5.73 Å². The average molecular weight is 295 g/mol. The Bertz CT molecular complexity index is 502. The van der Waals surface area contributed by atoms with Gasteiger partial charge >= 0.3 is 0 Å². The third-order valence-electron chi connectivity index (χ3n) is 4.28. The Morgan fingerprint density at radius 1 is 1.38 bits per heavy atom. The monoisotopic (exact) mass is 295 g/mol. The zero-order valence-electron chi connectivity index (χ0n) is 12.3. The molecule has 116 valence electrons. The van der Waals surface area contributed by atoms with Crippen LogP contribution >= 0.6 is 0 Å². The van der Waals surface area contributed by atoms with Crippen LogP contribution in [0.1, 0.15) is 38.2 Å². The van der Waals surface area contributed by atoms with Crippen molar-refractivity contribution in [1.29, 1.82) is 0 Å². The Hall–Kier alpha value is -1.53. The summed E-state index contributed by atoms with van der Waals surface area (Å²) in [5.74, 6) is -0.433. The summed E-state index contributed by atoms with van der Waals surface area (Å²) >= 11 is 0. The Balaban J connectivity index is 2.14. The zero-order chi connectivity index (χ0) is 15.4. The molecule has 1 aliphatic carbocycles. The molecule has 2 rings (SSSR count). The zero-order valence-corrected chi connectivity index (χ0v) is 12.3. The minimum Gasteiger partial charge on any atom is -0.328 e. The smallest absolute Gasteiger partial charge is 0.274 e. The molecule has 0 radical (unpaired) electrons.